The first-order valence-electron chi connectivity index (χ1n) is 11.0. The molecule has 0 saturated carbocycles. The second-order valence-electron chi connectivity index (χ2n) is 7.42. The van der Waals surface area contributed by atoms with Crippen molar-refractivity contribution in [2.24, 2.45) is 0 Å². The molecule has 0 aromatic carbocycles. The van der Waals surface area contributed by atoms with Gasteiger partial charge in [-0.05, 0) is 32.1 Å². The summed E-state index contributed by atoms with van der Waals surface area (Å²) in [7, 11) is -4.64. The number of phosphoric ester groups is 1. The summed E-state index contributed by atoms with van der Waals surface area (Å²) in [6, 6.07) is 0. The molecule has 0 saturated heterocycles. The average molecular weight is 437 g/mol. The topological polar surface area (TPSA) is 113 Å². The van der Waals surface area contributed by atoms with E-state index in [-0.39, 0.29) is 6.42 Å². The first kappa shape index (κ1) is 28.3. The van der Waals surface area contributed by atoms with Crippen molar-refractivity contribution in [3.63, 3.8) is 0 Å². The van der Waals surface area contributed by atoms with Gasteiger partial charge in [0.15, 0.2) is 0 Å². The normalized spacial score (nSPS) is 13.1. The van der Waals surface area contributed by atoms with Crippen LogP contribution in [0.4, 0.5) is 0 Å². The summed E-state index contributed by atoms with van der Waals surface area (Å²) in [6.07, 6.45) is 19.0. The standard InChI is InChI=1S/C21H41O7P/c1-2-3-4-5-6-7-8-9-10-11-12-13-14-15-16-17-21(23)28-20(18-22)19-27-29(24,25)26/h9-10,20,22H,2-8,11-19H2,1H3,(H2,24,25,26)/b10-9-/t20-/m0/s1. The summed E-state index contributed by atoms with van der Waals surface area (Å²) in [5, 5.41) is 9.06. The van der Waals surface area contributed by atoms with Crippen LogP contribution in [0.1, 0.15) is 96.8 Å². The third-order valence-corrected chi connectivity index (χ3v) is 5.06. The number of phosphoric acid groups is 1. The van der Waals surface area contributed by atoms with Gasteiger partial charge >= 0.3 is 13.8 Å². The van der Waals surface area contributed by atoms with Gasteiger partial charge in [-0.3, -0.25) is 9.32 Å². The maximum Gasteiger partial charge on any atom is 0.469 e. The Labute approximate surface area is 176 Å². The molecule has 0 aromatic heterocycles. The minimum Gasteiger partial charge on any atom is -0.457 e. The number of hydrogen-bond donors (Lipinski definition) is 3. The van der Waals surface area contributed by atoms with E-state index in [0.717, 1.165) is 32.1 Å². The third-order valence-electron chi connectivity index (χ3n) is 4.57. The predicted octanol–water partition coefficient (Wildman–Crippen LogP) is 5.04. The van der Waals surface area contributed by atoms with Gasteiger partial charge in [0, 0.05) is 6.42 Å². The lowest BCUT2D eigenvalue weighted by atomic mass is 10.1. The molecule has 0 rings (SSSR count). The number of allylic oxidation sites excluding steroid dienone is 2. The highest BCUT2D eigenvalue weighted by Crippen LogP contribution is 2.35. The van der Waals surface area contributed by atoms with Gasteiger partial charge in [0.2, 0.25) is 0 Å². The number of unbranched alkanes of at least 4 members (excludes halogenated alkanes) is 11. The van der Waals surface area contributed by atoms with E-state index in [4.69, 9.17) is 19.6 Å². The van der Waals surface area contributed by atoms with E-state index in [1.165, 1.54) is 44.9 Å². The Balaban J connectivity index is 3.49. The van der Waals surface area contributed by atoms with Crippen molar-refractivity contribution in [1.29, 1.82) is 0 Å². The highest BCUT2D eigenvalue weighted by molar-refractivity contribution is 7.46. The lowest BCUT2D eigenvalue weighted by Gasteiger charge is -2.15. The van der Waals surface area contributed by atoms with Gasteiger partial charge in [0.25, 0.3) is 0 Å². The SMILES string of the molecule is CCCCCCCC/C=C\CCCCCCCC(=O)O[C@@H](CO)COP(=O)(O)O. The lowest BCUT2D eigenvalue weighted by Crippen LogP contribution is -2.26. The summed E-state index contributed by atoms with van der Waals surface area (Å²) in [4.78, 5) is 28.9. The average Bonchev–Trinajstić information content (AvgIpc) is 2.67. The maximum absolute atomic E-state index is 11.7. The van der Waals surface area contributed by atoms with Gasteiger partial charge in [-0.2, -0.15) is 0 Å². The zero-order chi connectivity index (χ0) is 21.8. The fraction of sp³-hybridized carbons (Fsp3) is 0.857. The van der Waals surface area contributed by atoms with E-state index in [0.29, 0.717) is 6.42 Å². The molecular weight excluding hydrogens is 395 g/mol. The van der Waals surface area contributed by atoms with Gasteiger partial charge in [0.05, 0.1) is 13.2 Å². The largest absolute Gasteiger partial charge is 0.469 e. The van der Waals surface area contributed by atoms with Crippen molar-refractivity contribution in [1.82, 2.24) is 0 Å². The molecule has 0 aliphatic heterocycles. The van der Waals surface area contributed by atoms with E-state index in [1.54, 1.807) is 0 Å². The molecule has 0 aliphatic carbocycles. The van der Waals surface area contributed by atoms with Crippen LogP contribution in [0, 0.1) is 0 Å². The van der Waals surface area contributed by atoms with E-state index in [2.05, 4.69) is 23.6 Å². The smallest absolute Gasteiger partial charge is 0.457 e. The van der Waals surface area contributed by atoms with Crippen molar-refractivity contribution in [3.8, 4) is 0 Å². The van der Waals surface area contributed by atoms with Gasteiger partial charge in [-0.1, -0.05) is 70.4 Å². The number of ether oxygens (including phenoxy) is 1. The molecule has 0 radical (unpaired) electrons. The molecule has 0 aliphatic rings. The van der Waals surface area contributed by atoms with Gasteiger partial charge < -0.3 is 19.6 Å². The minimum absolute atomic E-state index is 0.227. The molecule has 0 heterocycles. The van der Waals surface area contributed by atoms with Gasteiger partial charge in [-0.15, -0.1) is 0 Å². The molecule has 0 amide bonds. The van der Waals surface area contributed by atoms with Crippen LogP contribution in [0.5, 0.6) is 0 Å². The second-order valence-corrected chi connectivity index (χ2v) is 8.65. The van der Waals surface area contributed by atoms with Crippen LogP contribution in [0.2, 0.25) is 0 Å². The number of carbonyl (C=O) groups excluding carboxylic acids is 1. The van der Waals surface area contributed by atoms with Crippen LogP contribution in [0.25, 0.3) is 0 Å². The zero-order valence-corrected chi connectivity index (χ0v) is 18.9. The maximum atomic E-state index is 11.7. The number of carbonyl (C=O) groups is 1. The van der Waals surface area contributed by atoms with Crippen molar-refractivity contribution in [2.75, 3.05) is 13.2 Å². The van der Waals surface area contributed by atoms with Crippen molar-refractivity contribution >= 4 is 13.8 Å². The van der Waals surface area contributed by atoms with Crippen LogP contribution in [0.3, 0.4) is 0 Å². The molecule has 8 heteroatoms. The molecule has 0 unspecified atom stereocenters. The molecule has 0 spiro atoms. The third kappa shape index (κ3) is 21.8. The molecule has 1 atom stereocenters. The van der Waals surface area contributed by atoms with Crippen LogP contribution in [-0.2, 0) is 18.6 Å². The van der Waals surface area contributed by atoms with Gasteiger partial charge in [-0.25, -0.2) is 4.57 Å². The zero-order valence-electron chi connectivity index (χ0n) is 18.0. The first-order valence-corrected chi connectivity index (χ1v) is 12.6. The summed E-state index contributed by atoms with van der Waals surface area (Å²) in [6.45, 7) is 1.17. The molecule has 0 bridgehead atoms. The summed E-state index contributed by atoms with van der Waals surface area (Å²) in [5.74, 6) is -0.490. The fourth-order valence-corrected chi connectivity index (χ4v) is 3.25. The Kier molecular flexibility index (Phi) is 18.8. The summed E-state index contributed by atoms with van der Waals surface area (Å²) >= 11 is 0. The van der Waals surface area contributed by atoms with E-state index in [1.807, 2.05) is 0 Å². The fourth-order valence-electron chi connectivity index (χ4n) is 2.89. The van der Waals surface area contributed by atoms with Crippen LogP contribution >= 0.6 is 7.82 Å². The van der Waals surface area contributed by atoms with Crippen molar-refractivity contribution in [3.05, 3.63) is 12.2 Å². The monoisotopic (exact) mass is 436 g/mol. The number of rotatable bonds is 20. The van der Waals surface area contributed by atoms with E-state index >= 15 is 0 Å². The molecular formula is C21H41O7P. The number of hydrogen-bond acceptors (Lipinski definition) is 5. The van der Waals surface area contributed by atoms with Crippen LogP contribution in [0.15, 0.2) is 12.2 Å². The number of esters is 1. The Morgan fingerprint density at radius 2 is 1.41 bits per heavy atom. The number of aliphatic hydroxyl groups is 1. The lowest BCUT2D eigenvalue weighted by molar-refractivity contribution is -0.153. The Bertz CT molecular complexity index is 462. The highest BCUT2D eigenvalue weighted by Gasteiger charge is 2.20. The summed E-state index contributed by atoms with van der Waals surface area (Å²) < 4.78 is 19.8. The van der Waals surface area contributed by atoms with Crippen LogP contribution in [-0.4, -0.2) is 40.2 Å². The molecule has 0 aromatic rings. The van der Waals surface area contributed by atoms with E-state index in [9.17, 15) is 9.36 Å². The molecule has 172 valence electrons. The Morgan fingerprint density at radius 1 is 0.897 bits per heavy atom. The first-order chi connectivity index (χ1) is 13.9. The molecule has 3 N–H and O–H groups in total. The van der Waals surface area contributed by atoms with Crippen molar-refractivity contribution < 1.29 is 33.5 Å². The second kappa shape index (κ2) is 19.3. The Morgan fingerprint density at radius 3 is 1.93 bits per heavy atom. The minimum atomic E-state index is -4.64. The van der Waals surface area contributed by atoms with E-state index < -0.39 is 33.1 Å². The van der Waals surface area contributed by atoms with Gasteiger partial charge in [0.1, 0.15) is 6.10 Å². The highest BCUT2D eigenvalue weighted by atomic mass is 31.2. The molecule has 7 nitrogen and oxygen atoms in total. The molecule has 29 heavy (non-hydrogen) atoms. The predicted molar refractivity (Wildman–Crippen MR) is 114 cm³/mol. The number of aliphatic hydroxyl groups excluding tert-OH is 1. The quantitative estimate of drug-likeness (QED) is 0.106. The molecule has 0 fully saturated rings. The van der Waals surface area contributed by atoms with Crippen LogP contribution < -0.4 is 0 Å². The Hall–Kier alpha value is -0.720. The summed E-state index contributed by atoms with van der Waals surface area (Å²) in [5.41, 5.74) is 0. The van der Waals surface area contributed by atoms with Crippen molar-refractivity contribution in [2.45, 2.75) is 103 Å².